The van der Waals surface area contributed by atoms with Gasteiger partial charge in [0.1, 0.15) is 24.0 Å². The number of carbonyl (C=O) groups is 2. The molecule has 0 spiro atoms. The van der Waals surface area contributed by atoms with Crippen LogP contribution < -0.4 is 18.9 Å². The van der Waals surface area contributed by atoms with Crippen molar-refractivity contribution in [2.75, 3.05) is 55.7 Å². The number of rotatable bonds is 8. The van der Waals surface area contributed by atoms with Crippen molar-refractivity contribution in [3.8, 4) is 23.0 Å². The van der Waals surface area contributed by atoms with E-state index in [-0.39, 0.29) is 30.0 Å². The Morgan fingerprint density at radius 3 is 2.29 bits per heavy atom. The Morgan fingerprint density at radius 2 is 1.67 bits per heavy atom. The van der Waals surface area contributed by atoms with Gasteiger partial charge in [-0.15, -0.1) is 0 Å². The van der Waals surface area contributed by atoms with Crippen molar-refractivity contribution >= 4 is 22.8 Å². The van der Waals surface area contributed by atoms with Gasteiger partial charge >= 0.3 is 11.9 Å². The maximum atomic E-state index is 14.6. The number of methoxy groups -OCH3 is 6. The smallest absolute Gasteiger partial charge is 0.338 e. The Labute approximate surface area is 261 Å². The molecule has 2 aromatic carbocycles. The van der Waals surface area contributed by atoms with E-state index in [1.807, 2.05) is 18.2 Å². The summed E-state index contributed by atoms with van der Waals surface area (Å²) in [5, 5.41) is 15.7. The first-order chi connectivity index (χ1) is 21.7. The van der Waals surface area contributed by atoms with E-state index in [0.29, 0.717) is 43.1 Å². The molecule has 3 aromatic rings. The molecular formula is C33H40N2O10. The number of benzene rings is 2. The van der Waals surface area contributed by atoms with Gasteiger partial charge in [0.05, 0.1) is 65.8 Å². The number of carbonyl (C=O) groups excluding carboxylic acids is 2. The summed E-state index contributed by atoms with van der Waals surface area (Å²) in [6.45, 7) is 0.710. The van der Waals surface area contributed by atoms with Crippen molar-refractivity contribution in [3.63, 3.8) is 0 Å². The number of nitrogens with one attached hydrogen (secondary N) is 1. The maximum absolute atomic E-state index is 14.6. The number of aromatic amines is 1. The first-order valence-corrected chi connectivity index (χ1v) is 15.1. The summed E-state index contributed by atoms with van der Waals surface area (Å²) >= 11 is 0. The first kappa shape index (κ1) is 31.0. The Bertz CT molecular complexity index is 1580. The van der Waals surface area contributed by atoms with E-state index >= 15 is 0 Å². The molecule has 1 saturated carbocycles. The topological polar surface area (TPSA) is 138 Å². The molecule has 3 heterocycles. The lowest BCUT2D eigenvalue weighted by Gasteiger charge is -2.60. The van der Waals surface area contributed by atoms with Gasteiger partial charge in [-0.25, -0.2) is 4.79 Å². The van der Waals surface area contributed by atoms with Gasteiger partial charge in [-0.05, 0) is 42.2 Å². The summed E-state index contributed by atoms with van der Waals surface area (Å²) in [5.74, 6) is -0.543. The SMILES string of the molecule is COC(=O)[C@H]1[C@H]2C[C@H]3c4[nH]c5cc(OC)ccc5c4CC[N+]3([O-])C[C@H]2C[C@@H](OC(=O)c2cc(OC)c(OC)c(OC)c2)[C@@H]1OC. The number of piperidine rings is 1. The Morgan fingerprint density at radius 1 is 0.933 bits per heavy atom. The molecule has 3 aliphatic rings. The van der Waals surface area contributed by atoms with Gasteiger partial charge in [-0.1, -0.05) is 0 Å². The fraction of sp³-hybridized carbons (Fsp3) is 0.515. The van der Waals surface area contributed by atoms with Gasteiger partial charge in [0.15, 0.2) is 11.5 Å². The van der Waals surface area contributed by atoms with Gasteiger partial charge < -0.3 is 48.0 Å². The predicted molar refractivity (Wildman–Crippen MR) is 162 cm³/mol. The highest BCUT2D eigenvalue weighted by molar-refractivity contribution is 5.91. The van der Waals surface area contributed by atoms with E-state index in [2.05, 4.69) is 4.98 Å². The van der Waals surface area contributed by atoms with Gasteiger partial charge in [-0.2, -0.15) is 0 Å². The van der Waals surface area contributed by atoms with E-state index in [0.717, 1.165) is 27.9 Å². The number of nitrogens with zero attached hydrogens (tertiary/aromatic N) is 1. The second kappa shape index (κ2) is 12.1. The zero-order valence-electron chi connectivity index (χ0n) is 26.4. The third kappa shape index (κ3) is 5.14. The maximum Gasteiger partial charge on any atom is 0.338 e. The van der Waals surface area contributed by atoms with Crippen LogP contribution in [0.4, 0.5) is 0 Å². The number of H-pyrrole nitrogens is 1. The number of hydrogen-bond acceptors (Lipinski definition) is 10. The molecule has 1 N–H and O–H groups in total. The van der Waals surface area contributed by atoms with Crippen molar-refractivity contribution in [1.82, 2.24) is 4.98 Å². The van der Waals surface area contributed by atoms with Crippen LogP contribution in [-0.4, -0.2) is 89.5 Å². The summed E-state index contributed by atoms with van der Waals surface area (Å²) in [4.78, 5) is 30.5. The fourth-order valence-corrected chi connectivity index (χ4v) is 8.00. The fourth-order valence-electron chi connectivity index (χ4n) is 8.00. The average molecular weight is 625 g/mol. The molecule has 1 unspecified atom stereocenters. The van der Waals surface area contributed by atoms with Gasteiger partial charge in [-0.3, -0.25) is 4.79 Å². The van der Waals surface area contributed by atoms with Crippen LogP contribution in [0.25, 0.3) is 10.9 Å². The Kier molecular flexibility index (Phi) is 8.31. The highest BCUT2D eigenvalue weighted by Crippen LogP contribution is 2.53. The number of fused-ring (bicyclic) bond motifs is 6. The minimum Gasteiger partial charge on any atom is -0.632 e. The summed E-state index contributed by atoms with van der Waals surface area (Å²) in [7, 11) is 8.87. The number of aromatic nitrogens is 1. The van der Waals surface area contributed by atoms with Crippen LogP contribution in [0.15, 0.2) is 30.3 Å². The second-order valence-electron chi connectivity index (χ2n) is 12.1. The van der Waals surface area contributed by atoms with Crippen LogP contribution in [0.1, 0.15) is 40.5 Å². The lowest BCUT2D eigenvalue weighted by atomic mass is 9.63. The van der Waals surface area contributed by atoms with Crippen LogP contribution in [0.2, 0.25) is 0 Å². The monoisotopic (exact) mass is 624 g/mol. The minimum atomic E-state index is -0.795. The van der Waals surface area contributed by atoms with E-state index in [1.54, 1.807) is 7.11 Å². The van der Waals surface area contributed by atoms with Crippen LogP contribution in [0.5, 0.6) is 23.0 Å². The highest BCUT2D eigenvalue weighted by atomic mass is 16.6. The van der Waals surface area contributed by atoms with Crippen LogP contribution in [0, 0.1) is 23.0 Å². The number of quaternary nitrogens is 1. The Balaban J connectivity index is 1.32. The molecule has 7 atom stereocenters. The molecule has 242 valence electrons. The molecule has 45 heavy (non-hydrogen) atoms. The normalized spacial score (nSPS) is 28.7. The van der Waals surface area contributed by atoms with Gasteiger partial charge in [0.2, 0.25) is 5.75 Å². The first-order valence-electron chi connectivity index (χ1n) is 15.1. The molecule has 0 radical (unpaired) electrons. The van der Waals surface area contributed by atoms with E-state index in [1.165, 1.54) is 47.7 Å². The molecule has 1 aromatic heterocycles. The zero-order chi connectivity index (χ0) is 32.0. The molecule has 1 aliphatic carbocycles. The molecule has 6 rings (SSSR count). The number of esters is 2. The third-order valence-electron chi connectivity index (χ3n) is 10.1. The van der Waals surface area contributed by atoms with Gasteiger partial charge in [0.25, 0.3) is 0 Å². The average Bonchev–Trinajstić information content (AvgIpc) is 3.43. The van der Waals surface area contributed by atoms with Crippen molar-refractivity contribution in [2.45, 2.75) is 37.5 Å². The molecule has 0 amide bonds. The number of hydrogen-bond donors (Lipinski definition) is 1. The predicted octanol–water partition coefficient (Wildman–Crippen LogP) is 4.18. The molecule has 12 nitrogen and oxygen atoms in total. The van der Waals surface area contributed by atoms with Crippen LogP contribution >= 0.6 is 0 Å². The molecule has 2 aliphatic heterocycles. The van der Waals surface area contributed by atoms with E-state index in [4.69, 9.17) is 33.2 Å². The van der Waals surface area contributed by atoms with Crippen molar-refractivity contribution in [2.24, 2.45) is 17.8 Å². The molecule has 12 heteroatoms. The lowest BCUT2D eigenvalue weighted by Crippen LogP contribution is -2.63. The summed E-state index contributed by atoms with van der Waals surface area (Å²) in [5.41, 5.74) is 3.18. The lowest BCUT2D eigenvalue weighted by molar-refractivity contribution is -0.924. The molecular weight excluding hydrogens is 584 g/mol. The highest BCUT2D eigenvalue weighted by Gasteiger charge is 2.57. The number of hydroxylamine groups is 3. The Hall–Kier alpha value is -4.00. The zero-order valence-corrected chi connectivity index (χ0v) is 26.4. The quantitative estimate of drug-likeness (QED) is 0.221. The number of ether oxygens (including phenoxy) is 7. The van der Waals surface area contributed by atoms with E-state index in [9.17, 15) is 14.8 Å². The largest absolute Gasteiger partial charge is 0.632 e. The van der Waals surface area contributed by atoms with Crippen molar-refractivity contribution in [3.05, 3.63) is 52.4 Å². The molecule has 0 bridgehead atoms. The summed E-state index contributed by atoms with van der Waals surface area (Å²) in [6.07, 6.45) is -0.0846. The van der Waals surface area contributed by atoms with Crippen molar-refractivity contribution in [1.29, 1.82) is 0 Å². The summed E-state index contributed by atoms with van der Waals surface area (Å²) < 4.78 is 38.5. The molecule has 2 fully saturated rings. The minimum absolute atomic E-state index is 0.186. The van der Waals surface area contributed by atoms with Crippen molar-refractivity contribution < 1.29 is 47.4 Å². The van der Waals surface area contributed by atoms with E-state index < -0.39 is 34.7 Å². The third-order valence-corrected chi connectivity index (χ3v) is 10.1. The van der Waals surface area contributed by atoms with Crippen LogP contribution in [0.3, 0.4) is 0 Å². The molecule has 1 saturated heterocycles. The van der Waals surface area contributed by atoms with Gasteiger partial charge in [0, 0.05) is 42.8 Å². The summed E-state index contributed by atoms with van der Waals surface area (Å²) in [6, 6.07) is 8.56. The second-order valence-corrected chi connectivity index (χ2v) is 12.1. The standard InChI is InChI=1S/C33H40N2O10/c1-39-19-7-8-20-21-9-10-35(38)16-18-13-27(45-32(36)17-11-25(40-2)30(42-4)26(12-17)41-3)31(43-5)28(33(37)44-6)22(18)15-24(35)29(21)34-23(20)14-19/h7-8,11-12,14,18,22,24,27-28,31,34H,9-10,13,15-16H2,1-6H3/t18-,22+,24+,27-,28+,31+,35?/m1/s1. The van der Waals surface area contributed by atoms with Crippen LogP contribution in [-0.2, 0) is 25.4 Å².